The minimum atomic E-state index is 0.118. The van der Waals surface area contributed by atoms with E-state index in [4.69, 9.17) is 0 Å². The van der Waals surface area contributed by atoms with Gasteiger partial charge in [-0.05, 0) is 58.3 Å². The van der Waals surface area contributed by atoms with Gasteiger partial charge in [-0.3, -0.25) is 4.79 Å². The molecule has 1 aliphatic rings. The van der Waals surface area contributed by atoms with Crippen LogP contribution in [0.5, 0.6) is 0 Å². The highest BCUT2D eigenvalue weighted by Gasteiger charge is 2.43. The van der Waals surface area contributed by atoms with Crippen LogP contribution in [-0.4, -0.2) is 5.78 Å². The fourth-order valence-electron chi connectivity index (χ4n) is 3.15. The SMILES string of the molecule is CC(C)=CC[C@H]1CCC(=O)[C@H](CC=C(C)C)C1(C)C. The van der Waals surface area contributed by atoms with Crippen molar-refractivity contribution in [3.05, 3.63) is 23.3 Å². The molecule has 108 valence electrons. The van der Waals surface area contributed by atoms with Gasteiger partial charge in [-0.1, -0.05) is 37.1 Å². The first-order chi connectivity index (χ1) is 8.75. The van der Waals surface area contributed by atoms with Crippen molar-refractivity contribution in [1.29, 1.82) is 0 Å². The van der Waals surface area contributed by atoms with Crippen molar-refractivity contribution in [3.63, 3.8) is 0 Å². The lowest BCUT2D eigenvalue weighted by atomic mass is 9.59. The first kappa shape index (κ1) is 16.2. The molecule has 1 rings (SSSR count). The summed E-state index contributed by atoms with van der Waals surface area (Å²) in [6, 6.07) is 0. The molecule has 0 bridgehead atoms. The standard InChI is InChI=1S/C18H30O/c1-13(2)7-9-15-10-12-17(19)16(18(15,5)6)11-8-14(3)4/h7-8,15-16H,9-12H2,1-6H3/t15-,16-/m0/s1. The number of hydrogen-bond donors (Lipinski definition) is 0. The summed E-state index contributed by atoms with van der Waals surface area (Å²) in [6.45, 7) is 13.1. The fourth-order valence-corrected chi connectivity index (χ4v) is 3.15. The molecule has 1 aliphatic carbocycles. The van der Waals surface area contributed by atoms with E-state index in [0.717, 1.165) is 25.7 Å². The van der Waals surface area contributed by atoms with Crippen molar-refractivity contribution >= 4 is 5.78 Å². The lowest BCUT2D eigenvalue weighted by Crippen LogP contribution is -2.41. The van der Waals surface area contributed by atoms with Crippen LogP contribution in [0.2, 0.25) is 0 Å². The highest BCUT2D eigenvalue weighted by molar-refractivity contribution is 5.82. The summed E-state index contributed by atoms with van der Waals surface area (Å²) < 4.78 is 0. The minimum Gasteiger partial charge on any atom is -0.299 e. The number of allylic oxidation sites excluding steroid dienone is 4. The van der Waals surface area contributed by atoms with Crippen LogP contribution in [0.15, 0.2) is 23.3 Å². The van der Waals surface area contributed by atoms with Gasteiger partial charge in [-0.2, -0.15) is 0 Å². The Balaban J connectivity index is 2.86. The van der Waals surface area contributed by atoms with Crippen molar-refractivity contribution in [2.24, 2.45) is 17.3 Å². The molecule has 0 amide bonds. The second kappa shape index (κ2) is 6.54. The van der Waals surface area contributed by atoms with Crippen LogP contribution in [0.3, 0.4) is 0 Å². The molecule has 0 radical (unpaired) electrons. The molecule has 1 saturated carbocycles. The largest absolute Gasteiger partial charge is 0.299 e. The molecule has 2 atom stereocenters. The molecule has 1 heteroatoms. The summed E-state index contributed by atoms with van der Waals surface area (Å²) in [5.41, 5.74) is 2.82. The Labute approximate surface area is 119 Å². The third-order valence-corrected chi connectivity index (χ3v) is 4.65. The van der Waals surface area contributed by atoms with E-state index < -0.39 is 0 Å². The molecule has 19 heavy (non-hydrogen) atoms. The summed E-state index contributed by atoms with van der Waals surface area (Å²) in [4.78, 5) is 12.3. The van der Waals surface area contributed by atoms with Gasteiger partial charge in [0.25, 0.3) is 0 Å². The van der Waals surface area contributed by atoms with Crippen LogP contribution in [-0.2, 0) is 4.79 Å². The number of carbonyl (C=O) groups is 1. The van der Waals surface area contributed by atoms with Gasteiger partial charge in [-0.15, -0.1) is 0 Å². The number of Topliss-reactive ketones (excluding diaryl/α,β-unsaturated/α-hetero) is 1. The first-order valence-electron chi connectivity index (χ1n) is 7.54. The Morgan fingerprint density at radius 2 is 1.63 bits per heavy atom. The molecule has 0 aliphatic heterocycles. The predicted molar refractivity (Wildman–Crippen MR) is 83.1 cm³/mol. The molecule has 0 saturated heterocycles. The van der Waals surface area contributed by atoms with E-state index in [1.807, 2.05) is 0 Å². The van der Waals surface area contributed by atoms with Gasteiger partial charge in [0.1, 0.15) is 5.78 Å². The molecule has 1 fully saturated rings. The Bertz CT molecular complexity index is 376. The molecule has 0 aromatic carbocycles. The number of ketones is 1. The van der Waals surface area contributed by atoms with E-state index in [9.17, 15) is 4.79 Å². The van der Waals surface area contributed by atoms with Gasteiger partial charge in [0.15, 0.2) is 0 Å². The van der Waals surface area contributed by atoms with E-state index in [0.29, 0.717) is 11.7 Å². The highest BCUT2D eigenvalue weighted by Crippen LogP contribution is 2.46. The predicted octanol–water partition coefficient (Wildman–Crippen LogP) is 5.32. The second-order valence-corrected chi connectivity index (χ2v) is 7.11. The second-order valence-electron chi connectivity index (χ2n) is 7.11. The van der Waals surface area contributed by atoms with Gasteiger partial charge in [0.2, 0.25) is 0 Å². The van der Waals surface area contributed by atoms with Crippen molar-refractivity contribution in [1.82, 2.24) is 0 Å². The quantitative estimate of drug-likeness (QED) is 0.627. The normalized spacial score (nSPS) is 25.9. The van der Waals surface area contributed by atoms with Crippen LogP contribution in [0.4, 0.5) is 0 Å². The molecule has 0 spiro atoms. The lowest BCUT2D eigenvalue weighted by Gasteiger charge is -2.44. The maximum atomic E-state index is 12.3. The third-order valence-electron chi connectivity index (χ3n) is 4.65. The monoisotopic (exact) mass is 262 g/mol. The number of hydrogen-bond acceptors (Lipinski definition) is 1. The zero-order valence-corrected chi connectivity index (χ0v) is 13.5. The van der Waals surface area contributed by atoms with E-state index in [1.165, 1.54) is 11.1 Å². The number of rotatable bonds is 4. The van der Waals surface area contributed by atoms with E-state index in [1.54, 1.807) is 0 Å². The van der Waals surface area contributed by atoms with Gasteiger partial charge in [0, 0.05) is 12.3 Å². The molecular weight excluding hydrogens is 232 g/mol. The lowest BCUT2D eigenvalue weighted by molar-refractivity contribution is -0.132. The van der Waals surface area contributed by atoms with Crippen molar-refractivity contribution in [3.8, 4) is 0 Å². The zero-order valence-electron chi connectivity index (χ0n) is 13.5. The summed E-state index contributed by atoms with van der Waals surface area (Å²) >= 11 is 0. The van der Waals surface area contributed by atoms with Crippen LogP contribution < -0.4 is 0 Å². The molecule has 0 heterocycles. The van der Waals surface area contributed by atoms with Crippen LogP contribution in [0.1, 0.15) is 67.2 Å². The average molecular weight is 262 g/mol. The molecule has 0 aromatic rings. The van der Waals surface area contributed by atoms with E-state index in [-0.39, 0.29) is 11.3 Å². The topological polar surface area (TPSA) is 17.1 Å². The molecule has 1 nitrogen and oxygen atoms in total. The smallest absolute Gasteiger partial charge is 0.136 e. The molecule has 0 unspecified atom stereocenters. The van der Waals surface area contributed by atoms with Crippen molar-refractivity contribution in [2.45, 2.75) is 67.2 Å². The van der Waals surface area contributed by atoms with Gasteiger partial charge in [-0.25, -0.2) is 0 Å². The van der Waals surface area contributed by atoms with Gasteiger partial charge < -0.3 is 0 Å². The Morgan fingerprint density at radius 3 is 2.16 bits per heavy atom. The Kier molecular flexibility index (Phi) is 5.58. The summed E-state index contributed by atoms with van der Waals surface area (Å²) in [7, 11) is 0. The average Bonchev–Trinajstić information content (AvgIpc) is 2.26. The van der Waals surface area contributed by atoms with Crippen molar-refractivity contribution in [2.75, 3.05) is 0 Å². The summed E-state index contributed by atoms with van der Waals surface area (Å²) in [5.74, 6) is 1.30. The van der Waals surface area contributed by atoms with Gasteiger partial charge in [0.05, 0.1) is 0 Å². The molecular formula is C18H30O. The Morgan fingerprint density at radius 1 is 1.11 bits per heavy atom. The summed E-state index contributed by atoms with van der Waals surface area (Å²) in [6.07, 6.45) is 8.42. The first-order valence-corrected chi connectivity index (χ1v) is 7.54. The number of carbonyl (C=O) groups excluding carboxylic acids is 1. The maximum absolute atomic E-state index is 12.3. The van der Waals surface area contributed by atoms with Crippen molar-refractivity contribution < 1.29 is 4.79 Å². The van der Waals surface area contributed by atoms with Gasteiger partial charge >= 0.3 is 0 Å². The van der Waals surface area contributed by atoms with E-state index in [2.05, 4.69) is 53.7 Å². The summed E-state index contributed by atoms with van der Waals surface area (Å²) in [5, 5.41) is 0. The van der Waals surface area contributed by atoms with Crippen LogP contribution in [0, 0.1) is 17.3 Å². The minimum absolute atomic E-state index is 0.118. The Hall–Kier alpha value is -0.850. The van der Waals surface area contributed by atoms with Crippen LogP contribution in [0.25, 0.3) is 0 Å². The third kappa shape index (κ3) is 4.33. The zero-order chi connectivity index (χ0) is 14.6. The van der Waals surface area contributed by atoms with Crippen LogP contribution >= 0.6 is 0 Å². The highest BCUT2D eigenvalue weighted by atomic mass is 16.1. The molecule has 0 N–H and O–H groups in total. The fraction of sp³-hybridized carbons (Fsp3) is 0.722. The maximum Gasteiger partial charge on any atom is 0.136 e. The van der Waals surface area contributed by atoms with E-state index >= 15 is 0 Å². The molecule has 0 aromatic heterocycles.